The van der Waals surface area contributed by atoms with Gasteiger partial charge in [-0.25, -0.2) is 8.42 Å². The van der Waals surface area contributed by atoms with E-state index in [1.54, 1.807) is 0 Å². The van der Waals surface area contributed by atoms with E-state index in [-0.39, 0.29) is 11.3 Å². The van der Waals surface area contributed by atoms with E-state index in [0.717, 1.165) is 11.1 Å². The van der Waals surface area contributed by atoms with E-state index in [2.05, 4.69) is 30.5 Å². The molecule has 1 fully saturated rings. The molecule has 0 aromatic heterocycles. The van der Waals surface area contributed by atoms with E-state index in [0.29, 0.717) is 32.5 Å². The topological polar surface area (TPSA) is 75.3 Å². The van der Waals surface area contributed by atoms with Gasteiger partial charge >= 0.3 is 0 Å². The summed E-state index contributed by atoms with van der Waals surface area (Å²) in [5.74, 6) is -0.367. The highest BCUT2D eigenvalue weighted by atomic mass is 32.2. The Balaban J connectivity index is 2.18. The minimum atomic E-state index is -3.48. The van der Waals surface area contributed by atoms with Gasteiger partial charge in [-0.15, -0.1) is 0 Å². The van der Waals surface area contributed by atoms with Gasteiger partial charge in [0.25, 0.3) is 0 Å². The van der Waals surface area contributed by atoms with Crippen molar-refractivity contribution in [1.29, 1.82) is 0 Å². The van der Waals surface area contributed by atoms with E-state index in [9.17, 15) is 13.2 Å². The molecule has 6 heteroatoms. The number of hydrogen-bond donors (Lipinski definition) is 2. The normalized spacial score (nSPS) is 18.2. The van der Waals surface area contributed by atoms with Crippen molar-refractivity contribution in [2.75, 3.05) is 25.9 Å². The van der Waals surface area contributed by atoms with Crippen LogP contribution in [0.5, 0.6) is 0 Å². The summed E-state index contributed by atoms with van der Waals surface area (Å²) in [5.41, 5.74) is 2.05. The number of amides is 1. The molecular weight excluding hydrogens is 324 g/mol. The van der Waals surface area contributed by atoms with Crippen molar-refractivity contribution in [2.24, 2.45) is 0 Å². The summed E-state index contributed by atoms with van der Waals surface area (Å²) in [7, 11) is -3.48. The Bertz CT molecular complexity index is 705. The fourth-order valence-electron chi connectivity index (χ4n) is 3.49. The third kappa shape index (κ3) is 3.64. The summed E-state index contributed by atoms with van der Waals surface area (Å²) in [6, 6.07) is 8.07. The van der Waals surface area contributed by atoms with Crippen molar-refractivity contribution in [3.63, 3.8) is 0 Å². The third-order valence-electron chi connectivity index (χ3n) is 5.10. The van der Waals surface area contributed by atoms with Crippen LogP contribution in [0.25, 0.3) is 0 Å². The van der Waals surface area contributed by atoms with Gasteiger partial charge < -0.3 is 10.6 Å². The molecule has 1 amide bonds. The summed E-state index contributed by atoms with van der Waals surface area (Å²) in [4.78, 5) is 12.8. The van der Waals surface area contributed by atoms with Crippen molar-refractivity contribution < 1.29 is 13.2 Å². The Morgan fingerprint density at radius 3 is 2.38 bits per heavy atom. The van der Waals surface area contributed by atoms with Crippen LogP contribution in [-0.2, 0) is 20.0 Å². The maximum absolute atomic E-state index is 12.8. The highest BCUT2D eigenvalue weighted by Crippen LogP contribution is 2.29. The Morgan fingerprint density at radius 2 is 1.83 bits per heavy atom. The minimum Gasteiger partial charge on any atom is -0.354 e. The van der Waals surface area contributed by atoms with Gasteiger partial charge in [-0.2, -0.15) is 0 Å². The van der Waals surface area contributed by atoms with Crippen molar-refractivity contribution in [2.45, 2.75) is 43.8 Å². The molecule has 1 aliphatic rings. The molecule has 5 nitrogen and oxygen atoms in total. The number of piperidine rings is 1. The van der Waals surface area contributed by atoms with Gasteiger partial charge in [0.15, 0.2) is 14.6 Å². The van der Waals surface area contributed by atoms with Crippen LogP contribution in [0.1, 0.15) is 37.8 Å². The summed E-state index contributed by atoms with van der Waals surface area (Å²) in [6.07, 6.45) is 1.81. The molecule has 0 atom stereocenters. The number of carbonyl (C=O) groups is 1. The van der Waals surface area contributed by atoms with Gasteiger partial charge in [-0.1, -0.05) is 38.1 Å². The van der Waals surface area contributed by atoms with E-state index in [4.69, 9.17) is 0 Å². The highest BCUT2D eigenvalue weighted by Gasteiger charge is 2.48. The lowest BCUT2D eigenvalue weighted by Gasteiger charge is -2.36. The zero-order valence-electron chi connectivity index (χ0n) is 15.0. The second kappa shape index (κ2) is 6.84. The molecule has 2 N–H and O–H groups in total. The fourth-order valence-corrected chi connectivity index (χ4v) is 4.84. The number of nitrogens with one attached hydrogen (secondary N) is 2. The number of aryl methyl sites for hydroxylation is 1. The van der Waals surface area contributed by atoms with E-state index < -0.39 is 14.6 Å². The Labute approximate surface area is 145 Å². The zero-order chi connectivity index (χ0) is 18.0. The Hall–Kier alpha value is -1.40. The minimum absolute atomic E-state index is 0.271. The molecular formula is C18H28N2O3S. The molecule has 0 saturated carbocycles. The first-order valence-electron chi connectivity index (χ1n) is 8.35. The monoisotopic (exact) mass is 352 g/mol. The average Bonchev–Trinajstić information content (AvgIpc) is 2.52. The van der Waals surface area contributed by atoms with Crippen LogP contribution in [0, 0.1) is 6.92 Å². The van der Waals surface area contributed by atoms with E-state index >= 15 is 0 Å². The van der Waals surface area contributed by atoms with E-state index in [1.807, 2.05) is 25.1 Å². The molecule has 2 rings (SSSR count). The zero-order valence-corrected chi connectivity index (χ0v) is 15.8. The molecule has 1 aromatic rings. The lowest BCUT2D eigenvalue weighted by molar-refractivity contribution is -0.124. The van der Waals surface area contributed by atoms with Crippen LogP contribution in [-0.4, -0.2) is 45.0 Å². The van der Waals surface area contributed by atoms with Crippen LogP contribution < -0.4 is 10.6 Å². The summed E-state index contributed by atoms with van der Waals surface area (Å²) in [5, 5.41) is 6.05. The maximum Gasteiger partial charge on any atom is 0.241 e. The lowest BCUT2D eigenvalue weighted by Crippen LogP contribution is -2.58. The highest BCUT2D eigenvalue weighted by molar-refractivity contribution is 7.92. The smallest absolute Gasteiger partial charge is 0.241 e. The first kappa shape index (κ1) is 18.9. The number of sulfone groups is 1. The molecule has 0 unspecified atom stereocenters. The van der Waals surface area contributed by atoms with Gasteiger partial charge in [0.2, 0.25) is 5.91 Å². The Kier molecular flexibility index (Phi) is 5.40. The van der Waals surface area contributed by atoms with Crippen molar-refractivity contribution >= 4 is 15.7 Å². The molecule has 1 heterocycles. The van der Waals surface area contributed by atoms with Crippen LogP contribution >= 0.6 is 0 Å². The summed E-state index contributed by atoms with van der Waals surface area (Å²) < 4.78 is 23.3. The molecule has 24 heavy (non-hydrogen) atoms. The van der Waals surface area contributed by atoms with Crippen LogP contribution in [0.15, 0.2) is 24.3 Å². The number of rotatable bonds is 5. The molecule has 1 aromatic carbocycles. The van der Waals surface area contributed by atoms with Gasteiger partial charge in [0.05, 0.1) is 0 Å². The van der Waals surface area contributed by atoms with Crippen molar-refractivity contribution in [1.82, 2.24) is 10.6 Å². The van der Waals surface area contributed by atoms with Crippen LogP contribution in [0.3, 0.4) is 0 Å². The first-order valence-corrected chi connectivity index (χ1v) is 10.2. The fraction of sp³-hybridized carbons (Fsp3) is 0.611. The average molecular weight is 353 g/mol. The van der Waals surface area contributed by atoms with Crippen LogP contribution in [0.4, 0.5) is 0 Å². The SMILES string of the molecule is Cc1ccccc1C(C)(C)CNC(=O)C1(S(C)(=O)=O)CCNCC1. The largest absolute Gasteiger partial charge is 0.354 e. The number of benzene rings is 1. The van der Waals surface area contributed by atoms with Gasteiger partial charge in [-0.05, 0) is 44.0 Å². The summed E-state index contributed by atoms with van der Waals surface area (Å²) in [6.45, 7) is 7.66. The lowest BCUT2D eigenvalue weighted by atomic mass is 9.81. The maximum atomic E-state index is 12.8. The van der Waals surface area contributed by atoms with Gasteiger partial charge in [0, 0.05) is 18.2 Å². The summed E-state index contributed by atoms with van der Waals surface area (Å²) >= 11 is 0. The predicted molar refractivity (Wildman–Crippen MR) is 96.9 cm³/mol. The predicted octanol–water partition coefficient (Wildman–Crippen LogP) is 1.56. The van der Waals surface area contributed by atoms with Gasteiger partial charge in [0.1, 0.15) is 0 Å². The second-order valence-corrected chi connectivity index (χ2v) is 9.72. The first-order chi connectivity index (χ1) is 11.1. The second-order valence-electron chi connectivity index (χ2n) is 7.40. The molecule has 0 bridgehead atoms. The molecule has 1 aliphatic heterocycles. The standard InChI is InChI=1S/C18H28N2O3S/c1-14-7-5-6-8-15(14)17(2,3)13-20-16(21)18(24(4,22)23)9-11-19-12-10-18/h5-8,19H,9-13H2,1-4H3,(H,20,21). The molecule has 0 radical (unpaired) electrons. The third-order valence-corrected chi connectivity index (χ3v) is 7.11. The number of carbonyl (C=O) groups excluding carboxylic acids is 1. The van der Waals surface area contributed by atoms with Crippen molar-refractivity contribution in [3.05, 3.63) is 35.4 Å². The molecule has 0 aliphatic carbocycles. The van der Waals surface area contributed by atoms with Crippen LogP contribution in [0.2, 0.25) is 0 Å². The Morgan fingerprint density at radius 1 is 1.25 bits per heavy atom. The number of hydrogen-bond acceptors (Lipinski definition) is 4. The quantitative estimate of drug-likeness (QED) is 0.843. The molecule has 1 saturated heterocycles. The van der Waals surface area contributed by atoms with E-state index in [1.165, 1.54) is 6.26 Å². The molecule has 0 spiro atoms. The van der Waals surface area contributed by atoms with Crippen molar-refractivity contribution in [3.8, 4) is 0 Å². The molecule has 134 valence electrons. The van der Waals surface area contributed by atoms with Gasteiger partial charge in [-0.3, -0.25) is 4.79 Å².